The van der Waals surface area contributed by atoms with Crippen LogP contribution in [-0.2, 0) is 30.2 Å². The third-order valence-corrected chi connectivity index (χ3v) is 3.68. The van der Waals surface area contributed by atoms with Crippen molar-refractivity contribution in [1.29, 1.82) is 0 Å². The van der Waals surface area contributed by atoms with Crippen LogP contribution in [0.5, 0.6) is 0 Å². The molecule has 0 aliphatic carbocycles. The number of nitrogens with zero attached hydrogens (tertiary/aromatic N) is 1. The van der Waals surface area contributed by atoms with Crippen LogP contribution in [0.2, 0.25) is 0 Å². The van der Waals surface area contributed by atoms with E-state index in [0.29, 0.717) is 0 Å². The molecule has 0 saturated heterocycles. The average Bonchev–Trinajstić information content (AvgIpc) is 2.86. The smallest absolute Gasteiger partial charge is 0.426 e. The number of carbonyl (C=O) groups excluding carboxylic acids is 4. The molecule has 168 valence electrons. The zero-order chi connectivity index (χ0) is 23.1. The molecule has 1 N–H and O–H groups in total. The highest BCUT2D eigenvalue weighted by Crippen LogP contribution is 2.25. The second kappa shape index (κ2) is 10.7. The molecule has 0 fully saturated rings. The van der Waals surface area contributed by atoms with Crippen LogP contribution >= 0.6 is 0 Å². The van der Waals surface area contributed by atoms with Crippen LogP contribution in [0, 0.1) is 6.92 Å². The first-order valence-corrected chi connectivity index (χ1v) is 9.70. The summed E-state index contributed by atoms with van der Waals surface area (Å²) in [6, 6.07) is 0. The molecule has 0 radical (unpaired) electrons. The maximum Gasteiger partial charge on any atom is 0.426 e. The van der Waals surface area contributed by atoms with E-state index in [1.165, 1.54) is 6.92 Å². The van der Waals surface area contributed by atoms with Gasteiger partial charge < -0.3 is 18.9 Å². The number of carbonyl (C=O) groups is 4. The van der Waals surface area contributed by atoms with Crippen LogP contribution in [0.1, 0.15) is 73.6 Å². The molecule has 0 aromatic carbocycles. The lowest BCUT2D eigenvalue weighted by Gasteiger charge is -2.21. The Morgan fingerprint density at radius 1 is 0.867 bits per heavy atom. The number of ether oxygens (including phenoxy) is 4. The molecule has 1 aromatic rings. The molecule has 1 heterocycles. The summed E-state index contributed by atoms with van der Waals surface area (Å²) in [5.74, 6) is -2.26. The second-order valence-electron chi connectivity index (χ2n) is 7.15. The summed E-state index contributed by atoms with van der Waals surface area (Å²) >= 11 is 0. The van der Waals surface area contributed by atoms with E-state index in [9.17, 15) is 19.2 Å². The van der Waals surface area contributed by atoms with Gasteiger partial charge in [-0.25, -0.2) is 19.8 Å². The van der Waals surface area contributed by atoms with Crippen molar-refractivity contribution in [2.24, 2.45) is 0 Å². The zero-order valence-electron chi connectivity index (χ0n) is 18.5. The lowest BCUT2D eigenvalue weighted by atomic mass is 10.1. The maximum atomic E-state index is 12.7. The number of amides is 1. The summed E-state index contributed by atoms with van der Waals surface area (Å²) in [4.78, 5) is 49.8. The monoisotopic (exact) mass is 426 g/mol. The van der Waals surface area contributed by atoms with E-state index in [-0.39, 0.29) is 42.3 Å². The summed E-state index contributed by atoms with van der Waals surface area (Å²) < 4.78 is 21.5. The van der Waals surface area contributed by atoms with Gasteiger partial charge in [-0.15, -0.1) is 0 Å². The first-order valence-electron chi connectivity index (χ1n) is 9.70. The normalized spacial score (nSPS) is 10.9. The van der Waals surface area contributed by atoms with E-state index in [4.69, 9.17) is 18.9 Å². The van der Waals surface area contributed by atoms with Gasteiger partial charge in [0.25, 0.3) is 0 Å². The SMILES string of the molecule is CCOC(=O)Cc1c(C(=O)OCC)c(C(=O)OCC)c(C)n1NC(=O)OC(C)(C)C. The van der Waals surface area contributed by atoms with Gasteiger partial charge >= 0.3 is 24.0 Å². The van der Waals surface area contributed by atoms with E-state index in [1.807, 2.05) is 0 Å². The van der Waals surface area contributed by atoms with Gasteiger partial charge in [-0.3, -0.25) is 9.47 Å². The van der Waals surface area contributed by atoms with Crippen molar-refractivity contribution in [1.82, 2.24) is 4.68 Å². The minimum Gasteiger partial charge on any atom is -0.466 e. The molecule has 0 atom stereocenters. The second-order valence-corrected chi connectivity index (χ2v) is 7.15. The highest BCUT2D eigenvalue weighted by Gasteiger charge is 2.33. The molecule has 30 heavy (non-hydrogen) atoms. The number of aromatic nitrogens is 1. The van der Waals surface area contributed by atoms with E-state index < -0.39 is 36.0 Å². The third-order valence-electron chi connectivity index (χ3n) is 3.68. The Morgan fingerprint density at radius 2 is 1.37 bits per heavy atom. The summed E-state index contributed by atoms with van der Waals surface area (Å²) in [6.45, 7) is 11.6. The number of esters is 3. The summed E-state index contributed by atoms with van der Waals surface area (Å²) in [6.07, 6.45) is -1.23. The molecule has 0 aliphatic rings. The average molecular weight is 426 g/mol. The van der Waals surface area contributed by atoms with Crippen LogP contribution < -0.4 is 5.43 Å². The van der Waals surface area contributed by atoms with Crippen molar-refractivity contribution in [2.45, 2.75) is 60.5 Å². The van der Waals surface area contributed by atoms with E-state index in [1.54, 1.807) is 41.5 Å². The fourth-order valence-corrected chi connectivity index (χ4v) is 2.69. The van der Waals surface area contributed by atoms with Gasteiger partial charge in [0, 0.05) is 0 Å². The first kappa shape index (κ1) is 25.0. The molecule has 0 aliphatic heterocycles. The molecule has 10 nitrogen and oxygen atoms in total. The molecule has 0 unspecified atom stereocenters. The highest BCUT2D eigenvalue weighted by molar-refractivity contribution is 6.06. The van der Waals surface area contributed by atoms with E-state index in [2.05, 4.69) is 5.43 Å². The Kier molecular flexibility index (Phi) is 8.88. The largest absolute Gasteiger partial charge is 0.466 e. The predicted octanol–water partition coefficient (Wildman–Crippen LogP) is 2.73. The van der Waals surface area contributed by atoms with Gasteiger partial charge in [-0.05, 0) is 48.5 Å². The van der Waals surface area contributed by atoms with Gasteiger partial charge in [0.05, 0.1) is 48.8 Å². The number of hydrogen-bond donors (Lipinski definition) is 1. The van der Waals surface area contributed by atoms with Crippen molar-refractivity contribution in [3.63, 3.8) is 0 Å². The molecule has 0 spiro atoms. The zero-order valence-corrected chi connectivity index (χ0v) is 18.5. The molecule has 1 aromatic heterocycles. The summed E-state index contributed by atoms with van der Waals surface area (Å²) in [7, 11) is 0. The minimum absolute atomic E-state index is 0.0262. The fraction of sp³-hybridized carbons (Fsp3) is 0.600. The van der Waals surface area contributed by atoms with Gasteiger partial charge in [0.15, 0.2) is 0 Å². The first-order chi connectivity index (χ1) is 14.0. The Hall–Kier alpha value is -3.04. The van der Waals surface area contributed by atoms with Crippen molar-refractivity contribution < 1.29 is 38.1 Å². The molecular formula is C20H30N2O8. The Labute approximate surface area is 175 Å². The molecule has 1 amide bonds. The van der Waals surface area contributed by atoms with Crippen LogP contribution in [-0.4, -0.2) is 54.1 Å². The van der Waals surface area contributed by atoms with Crippen molar-refractivity contribution in [2.75, 3.05) is 25.2 Å². The summed E-state index contributed by atoms with van der Waals surface area (Å²) in [5.41, 5.74) is 1.61. The molecular weight excluding hydrogens is 396 g/mol. The lowest BCUT2D eigenvalue weighted by molar-refractivity contribution is -0.142. The topological polar surface area (TPSA) is 122 Å². The molecule has 0 saturated carbocycles. The van der Waals surface area contributed by atoms with E-state index >= 15 is 0 Å². The lowest BCUT2D eigenvalue weighted by Crippen LogP contribution is -2.33. The Balaban J connectivity index is 3.63. The third kappa shape index (κ3) is 6.50. The summed E-state index contributed by atoms with van der Waals surface area (Å²) in [5, 5.41) is 0. The maximum absolute atomic E-state index is 12.7. The van der Waals surface area contributed by atoms with Gasteiger partial charge in [0.1, 0.15) is 5.60 Å². The van der Waals surface area contributed by atoms with Gasteiger partial charge in [-0.1, -0.05) is 0 Å². The quantitative estimate of drug-likeness (QED) is 0.497. The van der Waals surface area contributed by atoms with Crippen LogP contribution in [0.15, 0.2) is 0 Å². The highest BCUT2D eigenvalue weighted by atomic mass is 16.6. The van der Waals surface area contributed by atoms with Gasteiger partial charge in [0.2, 0.25) is 0 Å². The standard InChI is InChI=1S/C20H30N2O8/c1-8-27-14(23)11-13-16(18(25)29-10-3)15(17(24)28-9-2)12(4)22(13)21-19(26)30-20(5,6)7/h8-11H2,1-7H3,(H,21,26). The Morgan fingerprint density at radius 3 is 1.83 bits per heavy atom. The number of nitrogens with one attached hydrogen (secondary N) is 1. The number of hydrogen-bond acceptors (Lipinski definition) is 8. The molecule has 10 heteroatoms. The Bertz CT molecular complexity index is 805. The van der Waals surface area contributed by atoms with Crippen molar-refractivity contribution in [3.05, 3.63) is 22.5 Å². The van der Waals surface area contributed by atoms with Crippen LogP contribution in [0.3, 0.4) is 0 Å². The van der Waals surface area contributed by atoms with Crippen molar-refractivity contribution in [3.8, 4) is 0 Å². The van der Waals surface area contributed by atoms with Crippen molar-refractivity contribution >= 4 is 24.0 Å². The molecule has 1 rings (SSSR count). The van der Waals surface area contributed by atoms with Crippen LogP contribution in [0.25, 0.3) is 0 Å². The predicted molar refractivity (Wildman–Crippen MR) is 107 cm³/mol. The fourth-order valence-electron chi connectivity index (χ4n) is 2.69. The minimum atomic E-state index is -0.837. The number of rotatable bonds is 8. The van der Waals surface area contributed by atoms with Crippen LogP contribution in [0.4, 0.5) is 4.79 Å². The molecule has 0 bridgehead atoms. The van der Waals surface area contributed by atoms with E-state index in [0.717, 1.165) is 4.68 Å². The van der Waals surface area contributed by atoms with Gasteiger partial charge in [-0.2, -0.15) is 0 Å².